The van der Waals surface area contributed by atoms with Crippen LogP contribution in [-0.2, 0) is 7.05 Å². The lowest BCUT2D eigenvalue weighted by Gasteiger charge is -1.99. The largest absolute Gasteiger partial charge is 0.364 e. The molecule has 0 saturated heterocycles. The number of rotatable bonds is 3. The molecule has 0 atom stereocenters. The van der Waals surface area contributed by atoms with Crippen molar-refractivity contribution in [2.24, 2.45) is 17.8 Å². The quantitative estimate of drug-likeness (QED) is 0.884. The number of primary amides is 1. The van der Waals surface area contributed by atoms with Gasteiger partial charge in [0.05, 0.1) is 11.2 Å². The van der Waals surface area contributed by atoms with Crippen molar-refractivity contribution in [3.05, 3.63) is 45.7 Å². The van der Waals surface area contributed by atoms with Crippen LogP contribution in [0.3, 0.4) is 0 Å². The first-order valence-corrected chi connectivity index (χ1v) is 6.05. The monoisotopic (exact) mass is 296 g/mol. The van der Waals surface area contributed by atoms with E-state index >= 15 is 0 Å². The first-order chi connectivity index (χ1) is 8.99. The van der Waals surface area contributed by atoms with Crippen molar-refractivity contribution < 1.29 is 4.79 Å². The molecule has 0 bridgehead atoms. The molecule has 2 aromatic rings. The third-order valence-corrected chi connectivity index (χ3v) is 3.02. The molecule has 7 heteroatoms. The van der Waals surface area contributed by atoms with Crippen molar-refractivity contribution in [2.75, 3.05) is 0 Å². The molecule has 5 nitrogen and oxygen atoms in total. The number of nitrogens with two attached hydrogens (primary N) is 1. The minimum Gasteiger partial charge on any atom is -0.364 e. The molecule has 0 aliphatic rings. The second kappa shape index (κ2) is 5.42. The first-order valence-electron chi connectivity index (χ1n) is 5.30. The molecule has 19 heavy (non-hydrogen) atoms. The van der Waals surface area contributed by atoms with Crippen LogP contribution in [0.25, 0.3) is 0 Å². The third kappa shape index (κ3) is 2.94. The summed E-state index contributed by atoms with van der Waals surface area (Å²) in [4.78, 5) is 15.4. The molecular formula is C12H10Cl2N4O. The van der Waals surface area contributed by atoms with Crippen LogP contribution in [0.2, 0.25) is 10.0 Å². The average molecular weight is 297 g/mol. The maximum absolute atomic E-state index is 11.3. The van der Waals surface area contributed by atoms with E-state index < -0.39 is 5.91 Å². The van der Waals surface area contributed by atoms with Crippen molar-refractivity contribution in [3.63, 3.8) is 0 Å². The summed E-state index contributed by atoms with van der Waals surface area (Å²) in [6.45, 7) is 0. The highest BCUT2D eigenvalue weighted by molar-refractivity contribution is 6.36. The number of halogens is 2. The van der Waals surface area contributed by atoms with Crippen molar-refractivity contribution in [1.29, 1.82) is 0 Å². The summed E-state index contributed by atoms with van der Waals surface area (Å²) in [6, 6.07) is 5.05. The SMILES string of the molecule is Cn1ncc(N=Cc2ccc(Cl)cc2Cl)c1C(N)=O. The Balaban J connectivity index is 2.35. The van der Waals surface area contributed by atoms with E-state index in [-0.39, 0.29) is 5.69 Å². The van der Waals surface area contributed by atoms with Gasteiger partial charge in [0.2, 0.25) is 0 Å². The molecule has 0 aliphatic carbocycles. The Bertz CT molecular complexity index is 664. The van der Waals surface area contributed by atoms with Gasteiger partial charge in [0.25, 0.3) is 5.91 Å². The minimum atomic E-state index is -0.589. The molecule has 0 fully saturated rings. The Labute approximate surface area is 119 Å². The van der Waals surface area contributed by atoms with E-state index in [1.807, 2.05) is 0 Å². The summed E-state index contributed by atoms with van der Waals surface area (Å²) in [7, 11) is 1.62. The van der Waals surface area contributed by atoms with Crippen molar-refractivity contribution >= 4 is 41.0 Å². The highest BCUT2D eigenvalue weighted by Gasteiger charge is 2.12. The van der Waals surface area contributed by atoms with E-state index in [1.54, 1.807) is 25.2 Å². The Hall–Kier alpha value is -1.85. The smallest absolute Gasteiger partial charge is 0.269 e. The molecule has 1 aromatic carbocycles. The number of carbonyl (C=O) groups excluding carboxylic acids is 1. The van der Waals surface area contributed by atoms with Crippen LogP contribution in [0.5, 0.6) is 0 Å². The summed E-state index contributed by atoms with van der Waals surface area (Å²) >= 11 is 11.8. The molecule has 1 amide bonds. The number of carbonyl (C=O) groups is 1. The van der Waals surface area contributed by atoms with Gasteiger partial charge >= 0.3 is 0 Å². The van der Waals surface area contributed by atoms with Gasteiger partial charge in [-0.05, 0) is 12.1 Å². The molecule has 0 unspecified atom stereocenters. The van der Waals surface area contributed by atoms with E-state index in [4.69, 9.17) is 28.9 Å². The van der Waals surface area contributed by atoms with Crippen LogP contribution >= 0.6 is 23.2 Å². The van der Waals surface area contributed by atoms with Crippen LogP contribution in [0, 0.1) is 0 Å². The van der Waals surface area contributed by atoms with Gasteiger partial charge in [0.15, 0.2) is 5.69 Å². The lowest BCUT2D eigenvalue weighted by atomic mass is 10.2. The number of nitrogens with zero attached hydrogens (tertiary/aromatic N) is 3. The van der Waals surface area contributed by atoms with Gasteiger partial charge in [-0.3, -0.25) is 14.5 Å². The lowest BCUT2D eigenvalue weighted by Crippen LogP contribution is -2.15. The lowest BCUT2D eigenvalue weighted by molar-refractivity contribution is 0.0992. The van der Waals surface area contributed by atoms with Gasteiger partial charge in [-0.15, -0.1) is 0 Å². The fraction of sp³-hybridized carbons (Fsp3) is 0.0833. The van der Waals surface area contributed by atoms with E-state index in [9.17, 15) is 4.79 Å². The summed E-state index contributed by atoms with van der Waals surface area (Å²) in [5, 5.41) is 4.95. The molecule has 0 aliphatic heterocycles. The van der Waals surface area contributed by atoms with E-state index in [1.165, 1.54) is 17.1 Å². The predicted octanol–water partition coefficient (Wildman–Crippen LogP) is 2.58. The predicted molar refractivity (Wildman–Crippen MR) is 75.4 cm³/mol. The molecule has 0 radical (unpaired) electrons. The standard InChI is InChI=1S/C12H10Cl2N4O/c1-18-11(12(15)19)10(6-17-18)16-5-7-2-3-8(13)4-9(7)14/h2-6H,1H3,(H2,15,19). The first kappa shape index (κ1) is 13.6. The van der Waals surface area contributed by atoms with E-state index in [2.05, 4.69) is 10.1 Å². The molecule has 0 spiro atoms. The molecular weight excluding hydrogens is 287 g/mol. The maximum atomic E-state index is 11.3. The Morgan fingerprint density at radius 1 is 1.47 bits per heavy atom. The molecule has 1 aromatic heterocycles. The molecule has 0 saturated carbocycles. The molecule has 2 rings (SSSR count). The fourth-order valence-electron chi connectivity index (χ4n) is 1.55. The number of amides is 1. The average Bonchev–Trinajstić information content (AvgIpc) is 2.69. The van der Waals surface area contributed by atoms with Gasteiger partial charge in [-0.25, -0.2) is 0 Å². The van der Waals surface area contributed by atoms with Gasteiger partial charge < -0.3 is 5.73 Å². The maximum Gasteiger partial charge on any atom is 0.269 e. The van der Waals surface area contributed by atoms with Gasteiger partial charge in [-0.2, -0.15) is 5.10 Å². The Kier molecular flexibility index (Phi) is 3.87. The zero-order valence-corrected chi connectivity index (χ0v) is 11.5. The van der Waals surface area contributed by atoms with E-state index in [0.29, 0.717) is 21.3 Å². The zero-order valence-electron chi connectivity index (χ0n) is 9.97. The number of aromatic nitrogens is 2. The summed E-state index contributed by atoms with van der Waals surface area (Å²) in [5.74, 6) is -0.589. The minimum absolute atomic E-state index is 0.237. The number of aryl methyl sites for hydroxylation is 1. The van der Waals surface area contributed by atoms with Crippen molar-refractivity contribution in [1.82, 2.24) is 9.78 Å². The van der Waals surface area contributed by atoms with Crippen LogP contribution in [0.1, 0.15) is 16.1 Å². The summed E-state index contributed by atoms with van der Waals surface area (Å²) < 4.78 is 1.37. The number of hydrogen-bond acceptors (Lipinski definition) is 3. The Morgan fingerprint density at radius 2 is 2.21 bits per heavy atom. The number of hydrogen-bond donors (Lipinski definition) is 1. The number of benzene rings is 1. The van der Waals surface area contributed by atoms with Gasteiger partial charge in [-0.1, -0.05) is 29.3 Å². The van der Waals surface area contributed by atoms with Crippen LogP contribution in [0.4, 0.5) is 5.69 Å². The highest BCUT2D eigenvalue weighted by Crippen LogP contribution is 2.21. The molecule has 1 heterocycles. The van der Waals surface area contributed by atoms with Crippen LogP contribution in [0.15, 0.2) is 29.4 Å². The van der Waals surface area contributed by atoms with Crippen LogP contribution < -0.4 is 5.73 Å². The zero-order chi connectivity index (χ0) is 14.0. The Morgan fingerprint density at radius 3 is 2.84 bits per heavy atom. The van der Waals surface area contributed by atoms with Crippen LogP contribution in [-0.4, -0.2) is 21.9 Å². The second-order valence-corrected chi connectivity index (χ2v) is 4.63. The highest BCUT2D eigenvalue weighted by atomic mass is 35.5. The normalized spacial score (nSPS) is 11.1. The summed E-state index contributed by atoms with van der Waals surface area (Å²) in [5.41, 5.74) is 6.57. The third-order valence-electron chi connectivity index (χ3n) is 2.46. The topological polar surface area (TPSA) is 73.3 Å². The van der Waals surface area contributed by atoms with E-state index in [0.717, 1.165) is 0 Å². The second-order valence-electron chi connectivity index (χ2n) is 3.79. The van der Waals surface area contributed by atoms with Gasteiger partial charge in [0, 0.05) is 23.8 Å². The molecule has 98 valence electrons. The van der Waals surface area contributed by atoms with Crippen molar-refractivity contribution in [3.8, 4) is 0 Å². The fourth-order valence-corrected chi connectivity index (χ4v) is 2.01. The summed E-state index contributed by atoms with van der Waals surface area (Å²) in [6.07, 6.45) is 2.99. The van der Waals surface area contributed by atoms with Gasteiger partial charge in [0.1, 0.15) is 5.69 Å². The van der Waals surface area contributed by atoms with Crippen molar-refractivity contribution in [2.45, 2.75) is 0 Å². The number of aliphatic imine (C=N–C) groups is 1. The molecule has 2 N–H and O–H groups in total.